The van der Waals surface area contributed by atoms with Crippen LogP contribution in [0.2, 0.25) is 0 Å². The Morgan fingerprint density at radius 3 is 1.73 bits per heavy atom. The van der Waals surface area contributed by atoms with Crippen LogP contribution in [0.4, 0.5) is 0 Å². The Bertz CT molecular complexity index is 327. The van der Waals surface area contributed by atoms with Crippen LogP contribution < -0.4 is 0 Å². The van der Waals surface area contributed by atoms with Gasteiger partial charge in [-0.05, 0) is 0 Å². The third kappa shape index (κ3) is 8.97. The Morgan fingerprint density at radius 1 is 0.909 bits per heavy atom. The van der Waals surface area contributed by atoms with Gasteiger partial charge < -0.3 is 0 Å². The van der Waals surface area contributed by atoms with Gasteiger partial charge in [0.2, 0.25) is 0 Å². The normalized spacial score (nSPS) is 7.09. The summed E-state index contributed by atoms with van der Waals surface area (Å²) < 4.78 is 12.8. The summed E-state index contributed by atoms with van der Waals surface area (Å²) in [5.41, 5.74) is 0. The van der Waals surface area contributed by atoms with Crippen molar-refractivity contribution in [2.75, 3.05) is 0 Å². The minimum absolute atomic E-state index is 1.71. The van der Waals surface area contributed by atoms with E-state index in [4.69, 9.17) is 0.594 Å². The molecule has 0 N–H and O–H groups in total. The molecule has 54 valence electrons. The van der Waals surface area contributed by atoms with Crippen LogP contribution in [0, 0.1) is 43.4 Å². The third-order valence-electron chi connectivity index (χ3n) is 0.564. The van der Waals surface area contributed by atoms with Gasteiger partial charge in [0.25, 0.3) is 0 Å². The zero-order chi connectivity index (χ0) is 9.23. The second-order valence-corrected chi connectivity index (χ2v) is 2.90. The van der Waals surface area contributed by atoms with E-state index in [1.165, 1.54) is 0 Å². The quantitative estimate of drug-likeness (QED) is 0.456. The second-order valence-electron chi connectivity index (χ2n) is 1.28. The van der Waals surface area contributed by atoms with Gasteiger partial charge in [0, 0.05) is 0 Å². The van der Waals surface area contributed by atoms with Crippen molar-refractivity contribution in [3.63, 3.8) is 0 Å². The van der Waals surface area contributed by atoms with Crippen molar-refractivity contribution < 1.29 is 0 Å². The summed E-state index contributed by atoms with van der Waals surface area (Å²) in [5.74, 6) is 15.6. The Kier molecular flexibility index (Phi) is 6.58. The molecule has 0 radical (unpaired) electrons. The van der Waals surface area contributed by atoms with Gasteiger partial charge in [0.05, 0.1) is 0 Å². The van der Waals surface area contributed by atoms with E-state index in [-0.39, 0.29) is 0 Å². The average molecular weight is 256 g/mol. The summed E-state index contributed by atoms with van der Waals surface area (Å²) in [6.45, 7) is 3.43. The number of hydrogen-bond acceptors (Lipinski definition) is 0. The molecule has 1 heteroatoms. The van der Waals surface area contributed by atoms with Crippen molar-refractivity contribution in [2.24, 2.45) is 0 Å². The first kappa shape index (κ1) is 8.07. The van der Waals surface area contributed by atoms with E-state index in [0.717, 1.165) is 0 Å². The fraction of sp³-hybridized carbons (Fsp3) is 0.200. The Balaban J connectivity index is 4.14. The summed E-state index contributed by atoms with van der Waals surface area (Å²) in [7, 11) is 0. The fourth-order valence-corrected chi connectivity index (χ4v) is 0.917. The second kappa shape index (κ2) is 8.97. The molecule has 0 aliphatic heterocycles. The standard InChI is InChI=1S/C10H7I/c1-3-5-7-9-11-10-8-6-4-2/h11H,1-2H3/i11T. The first-order valence-corrected chi connectivity index (χ1v) is 5.04. The molecule has 0 fully saturated rings. The van der Waals surface area contributed by atoms with Crippen molar-refractivity contribution in [1.29, 1.82) is 0.594 Å². The molecule has 0 bridgehead atoms. The fourth-order valence-electron chi connectivity index (χ4n) is 0.243. The number of rotatable bonds is 0. The molecule has 0 aromatic carbocycles. The van der Waals surface area contributed by atoms with Crippen LogP contribution in [0.5, 0.6) is 0 Å². The van der Waals surface area contributed by atoms with Crippen LogP contribution in [0.3, 0.4) is 0 Å². The SMILES string of the molecule is [3H]I(C#CC#CC)C#CC#CC. The van der Waals surface area contributed by atoms with Crippen LogP contribution in [0.25, 0.3) is 0 Å². The van der Waals surface area contributed by atoms with Crippen molar-refractivity contribution >= 4 is 21.0 Å². The van der Waals surface area contributed by atoms with Crippen LogP contribution in [0.15, 0.2) is 0 Å². The molecular formula is C10H7I. The summed E-state index contributed by atoms with van der Waals surface area (Å²) in [5, 5.41) is 0. The summed E-state index contributed by atoms with van der Waals surface area (Å²) in [4.78, 5) is 0. The van der Waals surface area contributed by atoms with Crippen LogP contribution in [-0.2, 0) is 0 Å². The number of halogens is 1. The van der Waals surface area contributed by atoms with E-state index in [1.54, 1.807) is 13.8 Å². The van der Waals surface area contributed by atoms with Crippen LogP contribution in [-0.4, -0.2) is 0.594 Å². The van der Waals surface area contributed by atoms with E-state index in [2.05, 4.69) is 43.4 Å². The van der Waals surface area contributed by atoms with Crippen molar-refractivity contribution in [1.82, 2.24) is 0 Å². The molecule has 11 heavy (non-hydrogen) atoms. The molecule has 0 amide bonds. The summed E-state index contributed by atoms with van der Waals surface area (Å²) in [6, 6.07) is 0. The minimum atomic E-state index is -2.10. The van der Waals surface area contributed by atoms with Gasteiger partial charge in [0.1, 0.15) is 0 Å². The van der Waals surface area contributed by atoms with Gasteiger partial charge in [-0.1, -0.05) is 0 Å². The van der Waals surface area contributed by atoms with E-state index in [9.17, 15) is 0 Å². The molecule has 0 saturated heterocycles. The van der Waals surface area contributed by atoms with Crippen molar-refractivity contribution in [3.8, 4) is 43.4 Å². The zero-order valence-electron chi connectivity index (χ0n) is 7.38. The molecule has 0 aliphatic rings. The zero-order valence-corrected chi connectivity index (χ0v) is 8.54. The predicted molar refractivity (Wildman–Crippen MR) is 57.9 cm³/mol. The maximum atomic E-state index is 7.40. The molecule has 0 aromatic heterocycles. The molecule has 0 aliphatic carbocycles. The molecule has 0 heterocycles. The van der Waals surface area contributed by atoms with E-state index in [0.29, 0.717) is 0 Å². The van der Waals surface area contributed by atoms with Gasteiger partial charge in [-0.25, -0.2) is 0 Å². The predicted octanol–water partition coefficient (Wildman–Crippen LogP) is 1.66. The molecule has 0 unspecified atom stereocenters. The van der Waals surface area contributed by atoms with E-state index < -0.39 is 21.0 Å². The number of hydrogen-bond donors (Lipinski definition) is 0. The van der Waals surface area contributed by atoms with Gasteiger partial charge in [0.15, 0.2) is 0 Å². The third-order valence-corrected chi connectivity index (χ3v) is 1.64. The summed E-state index contributed by atoms with van der Waals surface area (Å²) >= 11 is -2.10. The van der Waals surface area contributed by atoms with E-state index >= 15 is 0 Å². The molecular weight excluding hydrogens is 247 g/mol. The topological polar surface area (TPSA) is 0 Å². The Morgan fingerprint density at radius 2 is 1.36 bits per heavy atom. The van der Waals surface area contributed by atoms with Gasteiger partial charge in [-0.15, -0.1) is 0 Å². The molecule has 0 atom stereocenters. The van der Waals surface area contributed by atoms with Gasteiger partial charge >= 0.3 is 78.8 Å². The van der Waals surface area contributed by atoms with Gasteiger partial charge in [-0.2, -0.15) is 0 Å². The average Bonchev–Trinajstić information content (AvgIpc) is 2.06. The molecule has 0 saturated carbocycles. The van der Waals surface area contributed by atoms with E-state index in [1.807, 2.05) is 0 Å². The first-order chi connectivity index (χ1) is 5.81. The molecule has 0 nitrogen and oxygen atoms in total. The first-order valence-electron chi connectivity index (χ1n) is 3.26. The summed E-state index contributed by atoms with van der Waals surface area (Å²) in [6.07, 6.45) is 0. The molecule has 0 spiro atoms. The Labute approximate surface area is 78.9 Å². The molecule has 0 rings (SSSR count). The maximum absolute atomic E-state index is 7.40. The van der Waals surface area contributed by atoms with Crippen LogP contribution in [0.1, 0.15) is 13.8 Å². The monoisotopic (exact) mass is 256 g/mol. The van der Waals surface area contributed by atoms with Crippen molar-refractivity contribution in [2.45, 2.75) is 13.8 Å². The van der Waals surface area contributed by atoms with Crippen LogP contribution >= 0.6 is 21.0 Å². The van der Waals surface area contributed by atoms with Crippen molar-refractivity contribution in [3.05, 3.63) is 0 Å². The molecule has 0 aromatic rings. The Hall–Kier alpha value is -1.03. The van der Waals surface area contributed by atoms with Gasteiger partial charge in [-0.3, -0.25) is 0 Å².